The fraction of sp³-hybridized carbons (Fsp3) is 0.964. The highest BCUT2D eigenvalue weighted by molar-refractivity contribution is 5.72. The zero-order chi connectivity index (χ0) is 23.5. The second-order valence-electron chi connectivity index (χ2n) is 9.57. The van der Waals surface area contributed by atoms with Crippen molar-refractivity contribution in [1.29, 1.82) is 0 Å². The van der Waals surface area contributed by atoms with E-state index in [0.717, 1.165) is 58.0 Å². The van der Waals surface area contributed by atoms with Crippen LogP contribution in [0.5, 0.6) is 0 Å². The average molecular weight is 456 g/mol. The van der Waals surface area contributed by atoms with Gasteiger partial charge in [-0.3, -0.25) is 4.79 Å². The molecule has 0 aromatic heterocycles. The molecule has 0 heterocycles. The van der Waals surface area contributed by atoms with Crippen molar-refractivity contribution in [2.24, 2.45) is 5.92 Å². The number of nitrogens with one attached hydrogen (secondary N) is 1. The van der Waals surface area contributed by atoms with E-state index in [1.54, 1.807) is 0 Å². The summed E-state index contributed by atoms with van der Waals surface area (Å²) in [6.45, 7) is 7.57. The first-order valence-electron chi connectivity index (χ1n) is 14.2. The Morgan fingerprint density at radius 3 is 1.72 bits per heavy atom. The molecule has 4 nitrogen and oxygen atoms in total. The van der Waals surface area contributed by atoms with Crippen molar-refractivity contribution in [2.45, 2.75) is 142 Å². The Kier molecular flexibility index (Phi) is 26.1. The van der Waals surface area contributed by atoms with Gasteiger partial charge < -0.3 is 15.2 Å². The second kappa shape index (κ2) is 26.6. The van der Waals surface area contributed by atoms with E-state index in [9.17, 15) is 4.79 Å². The van der Waals surface area contributed by atoms with Crippen LogP contribution in [0.2, 0.25) is 0 Å². The van der Waals surface area contributed by atoms with Gasteiger partial charge in [0.2, 0.25) is 0 Å². The van der Waals surface area contributed by atoms with Crippen LogP contribution in [0.1, 0.15) is 142 Å². The molecule has 0 aliphatic rings. The van der Waals surface area contributed by atoms with Crippen LogP contribution < -0.4 is 5.32 Å². The van der Waals surface area contributed by atoms with Crippen molar-refractivity contribution in [2.75, 3.05) is 26.3 Å². The molecule has 192 valence electrons. The van der Waals surface area contributed by atoms with E-state index in [0.29, 0.717) is 13.2 Å². The first kappa shape index (κ1) is 31.4. The normalized spacial score (nSPS) is 12.2. The van der Waals surface area contributed by atoms with Gasteiger partial charge in [-0.2, -0.15) is 0 Å². The third kappa shape index (κ3) is 22.6. The minimum atomic E-state index is 0.0675. The van der Waals surface area contributed by atoms with Crippen LogP contribution in [0.25, 0.3) is 0 Å². The van der Waals surface area contributed by atoms with Crippen molar-refractivity contribution in [3.63, 3.8) is 0 Å². The second-order valence-corrected chi connectivity index (χ2v) is 9.57. The predicted octanol–water partition coefficient (Wildman–Crippen LogP) is 7.57. The number of carbonyl (C=O) groups is 1. The third-order valence-electron chi connectivity index (χ3n) is 6.40. The fourth-order valence-electron chi connectivity index (χ4n) is 4.21. The molecule has 0 rings (SSSR count). The smallest absolute Gasteiger partial charge is 0.308 e. The Hall–Kier alpha value is -0.610. The molecule has 1 unspecified atom stereocenters. The Balaban J connectivity index is 3.77. The maximum atomic E-state index is 12.6. The van der Waals surface area contributed by atoms with Crippen LogP contribution in [-0.4, -0.2) is 37.4 Å². The lowest BCUT2D eigenvalue weighted by Gasteiger charge is -2.16. The zero-order valence-corrected chi connectivity index (χ0v) is 21.8. The van der Waals surface area contributed by atoms with Crippen molar-refractivity contribution in [3.05, 3.63) is 0 Å². The number of rotatable bonds is 26. The van der Waals surface area contributed by atoms with Crippen LogP contribution in [0, 0.1) is 5.92 Å². The van der Waals surface area contributed by atoms with E-state index < -0.39 is 0 Å². The summed E-state index contributed by atoms with van der Waals surface area (Å²) in [5.41, 5.74) is 0. The van der Waals surface area contributed by atoms with Gasteiger partial charge in [-0.05, 0) is 51.6 Å². The lowest BCUT2D eigenvalue weighted by atomic mass is 9.94. The van der Waals surface area contributed by atoms with E-state index in [-0.39, 0.29) is 11.9 Å². The van der Waals surface area contributed by atoms with E-state index in [1.807, 2.05) is 0 Å². The molecule has 0 saturated heterocycles. The van der Waals surface area contributed by atoms with E-state index in [4.69, 9.17) is 9.84 Å². The number of aliphatic hydroxyl groups excluding tert-OH is 1. The van der Waals surface area contributed by atoms with Gasteiger partial charge >= 0.3 is 5.97 Å². The van der Waals surface area contributed by atoms with Gasteiger partial charge in [-0.1, -0.05) is 104 Å². The van der Waals surface area contributed by atoms with Gasteiger partial charge in [0.05, 0.1) is 12.5 Å². The molecule has 0 aromatic carbocycles. The molecule has 0 radical (unpaired) electrons. The van der Waals surface area contributed by atoms with Gasteiger partial charge in [0.15, 0.2) is 0 Å². The minimum absolute atomic E-state index is 0.0675. The number of hydrogen-bond acceptors (Lipinski definition) is 4. The molecule has 0 amide bonds. The van der Waals surface area contributed by atoms with Crippen LogP contribution >= 0.6 is 0 Å². The van der Waals surface area contributed by atoms with Gasteiger partial charge in [0, 0.05) is 6.61 Å². The van der Waals surface area contributed by atoms with Gasteiger partial charge in [0.1, 0.15) is 0 Å². The lowest BCUT2D eigenvalue weighted by Crippen LogP contribution is -2.19. The van der Waals surface area contributed by atoms with Crippen molar-refractivity contribution < 1.29 is 14.6 Å². The SMILES string of the molecule is CCCCCCCCC(CCCCCC)C(=O)OCCCCCCNCCCCCCO. The number of carbonyl (C=O) groups excluding carboxylic acids is 1. The first-order chi connectivity index (χ1) is 15.8. The molecule has 0 bridgehead atoms. The summed E-state index contributed by atoms with van der Waals surface area (Å²) in [5.74, 6) is 0.192. The molecule has 0 aliphatic heterocycles. The molecule has 1 atom stereocenters. The standard InChI is InChI=1S/C28H57NO3/c1-3-5-7-9-10-16-22-27(21-15-8-6-4-2)28(31)32-26-20-14-12-18-24-29-23-17-11-13-19-25-30/h27,29-30H,3-26H2,1-2H3. The number of unbranched alkanes of at least 4 members (excludes halogenated alkanes) is 14. The average Bonchev–Trinajstić information content (AvgIpc) is 2.80. The fourth-order valence-corrected chi connectivity index (χ4v) is 4.21. The summed E-state index contributed by atoms with van der Waals surface area (Å²) >= 11 is 0. The quantitative estimate of drug-likeness (QED) is 0.104. The number of hydrogen-bond donors (Lipinski definition) is 2. The summed E-state index contributed by atoms with van der Waals surface area (Å²) in [6, 6.07) is 0. The topological polar surface area (TPSA) is 58.6 Å². The van der Waals surface area contributed by atoms with E-state index >= 15 is 0 Å². The maximum Gasteiger partial charge on any atom is 0.308 e. The monoisotopic (exact) mass is 455 g/mol. The molecule has 4 heteroatoms. The van der Waals surface area contributed by atoms with Crippen molar-refractivity contribution in [3.8, 4) is 0 Å². The van der Waals surface area contributed by atoms with Gasteiger partial charge in [-0.15, -0.1) is 0 Å². The minimum Gasteiger partial charge on any atom is -0.465 e. The predicted molar refractivity (Wildman–Crippen MR) is 138 cm³/mol. The van der Waals surface area contributed by atoms with E-state index in [2.05, 4.69) is 19.2 Å². The summed E-state index contributed by atoms with van der Waals surface area (Å²) < 4.78 is 5.68. The summed E-state index contributed by atoms with van der Waals surface area (Å²) in [7, 11) is 0. The highest BCUT2D eigenvalue weighted by atomic mass is 16.5. The van der Waals surface area contributed by atoms with Crippen LogP contribution in [0.4, 0.5) is 0 Å². The third-order valence-corrected chi connectivity index (χ3v) is 6.40. The molecule has 0 saturated carbocycles. The van der Waals surface area contributed by atoms with Crippen LogP contribution in [-0.2, 0) is 9.53 Å². The Morgan fingerprint density at radius 1 is 0.656 bits per heavy atom. The Morgan fingerprint density at radius 2 is 1.12 bits per heavy atom. The number of esters is 1. The molecule has 0 fully saturated rings. The molecular weight excluding hydrogens is 398 g/mol. The number of ether oxygens (including phenoxy) is 1. The molecule has 0 spiro atoms. The highest BCUT2D eigenvalue weighted by Gasteiger charge is 2.19. The summed E-state index contributed by atoms with van der Waals surface area (Å²) in [6.07, 6.45) is 23.7. The molecule has 0 aromatic rings. The Labute approximate surface area is 200 Å². The zero-order valence-electron chi connectivity index (χ0n) is 21.8. The highest BCUT2D eigenvalue weighted by Crippen LogP contribution is 2.20. The van der Waals surface area contributed by atoms with Gasteiger partial charge in [0.25, 0.3) is 0 Å². The van der Waals surface area contributed by atoms with Crippen LogP contribution in [0.3, 0.4) is 0 Å². The lowest BCUT2D eigenvalue weighted by molar-refractivity contribution is -0.149. The van der Waals surface area contributed by atoms with Crippen molar-refractivity contribution >= 4 is 5.97 Å². The van der Waals surface area contributed by atoms with Crippen molar-refractivity contribution in [1.82, 2.24) is 5.32 Å². The first-order valence-corrected chi connectivity index (χ1v) is 14.2. The maximum absolute atomic E-state index is 12.6. The summed E-state index contributed by atoms with van der Waals surface area (Å²) in [4.78, 5) is 12.6. The molecule has 2 N–H and O–H groups in total. The largest absolute Gasteiger partial charge is 0.465 e. The van der Waals surface area contributed by atoms with E-state index in [1.165, 1.54) is 83.5 Å². The Bertz CT molecular complexity index is 376. The summed E-state index contributed by atoms with van der Waals surface area (Å²) in [5, 5.41) is 12.3. The molecular formula is C28H57NO3. The van der Waals surface area contributed by atoms with Gasteiger partial charge in [-0.25, -0.2) is 0 Å². The van der Waals surface area contributed by atoms with Crippen LogP contribution in [0.15, 0.2) is 0 Å². The molecule has 0 aliphatic carbocycles. The molecule has 32 heavy (non-hydrogen) atoms. The number of aliphatic hydroxyl groups is 1.